The van der Waals surface area contributed by atoms with E-state index < -0.39 is 0 Å². The fourth-order valence-electron chi connectivity index (χ4n) is 2.61. The van der Waals surface area contributed by atoms with Crippen molar-refractivity contribution in [2.75, 3.05) is 13.2 Å². The number of halogens is 1. The normalized spacial score (nSPS) is 21.2. The van der Waals surface area contributed by atoms with E-state index in [1.807, 2.05) is 13.0 Å². The lowest BCUT2D eigenvalue weighted by Gasteiger charge is -2.24. The average Bonchev–Trinajstić information content (AvgIpc) is 2.87. The van der Waals surface area contributed by atoms with Crippen LogP contribution in [0.5, 0.6) is 0 Å². The highest BCUT2D eigenvalue weighted by Crippen LogP contribution is 2.20. The maximum absolute atomic E-state index is 13.3. The van der Waals surface area contributed by atoms with Gasteiger partial charge in [0.05, 0.1) is 6.10 Å². The summed E-state index contributed by atoms with van der Waals surface area (Å²) < 4.78 is 19.1. The van der Waals surface area contributed by atoms with Crippen molar-refractivity contribution in [3.63, 3.8) is 0 Å². The van der Waals surface area contributed by atoms with Crippen LogP contribution in [0.3, 0.4) is 0 Å². The van der Waals surface area contributed by atoms with Gasteiger partial charge in [-0.2, -0.15) is 0 Å². The molecule has 0 aromatic heterocycles. The molecule has 2 atom stereocenters. The summed E-state index contributed by atoms with van der Waals surface area (Å²) in [6.07, 6.45) is 3.34. The van der Waals surface area contributed by atoms with Crippen molar-refractivity contribution in [2.45, 2.75) is 45.3 Å². The number of rotatable bonds is 5. The van der Waals surface area contributed by atoms with E-state index in [0.29, 0.717) is 0 Å². The number of likely N-dealkylation sites (N-methyl/N-ethyl adjacent to an activating group) is 1. The summed E-state index contributed by atoms with van der Waals surface area (Å²) in [5.41, 5.74) is 2.23. The Morgan fingerprint density at radius 1 is 1.50 bits per heavy atom. The lowest BCUT2D eigenvalue weighted by molar-refractivity contribution is 0.0788. The van der Waals surface area contributed by atoms with Crippen LogP contribution in [0.25, 0.3) is 0 Å². The van der Waals surface area contributed by atoms with Crippen molar-refractivity contribution in [3.05, 3.63) is 35.1 Å². The van der Waals surface area contributed by atoms with Crippen molar-refractivity contribution in [2.24, 2.45) is 0 Å². The van der Waals surface area contributed by atoms with Crippen LogP contribution in [0, 0.1) is 12.7 Å². The van der Waals surface area contributed by atoms with E-state index in [1.54, 1.807) is 6.07 Å². The zero-order valence-electron chi connectivity index (χ0n) is 11.2. The van der Waals surface area contributed by atoms with Crippen LogP contribution in [0.1, 0.15) is 30.9 Å². The summed E-state index contributed by atoms with van der Waals surface area (Å²) in [7, 11) is 0. The molecule has 1 aliphatic heterocycles. The molecule has 1 saturated heterocycles. The lowest BCUT2D eigenvalue weighted by Crippen LogP contribution is -2.41. The van der Waals surface area contributed by atoms with Gasteiger partial charge in [0.15, 0.2) is 0 Å². The molecule has 1 fully saturated rings. The Bertz CT molecular complexity index is 388. The second-order valence-corrected chi connectivity index (χ2v) is 4.99. The van der Waals surface area contributed by atoms with E-state index in [9.17, 15) is 4.39 Å². The van der Waals surface area contributed by atoms with Crippen LogP contribution in [-0.4, -0.2) is 25.3 Å². The smallest absolute Gasteiger partial charge is 0.123 e. The highest BCUT2D eigenvalue weighted by atomic mass is 19.1. The van der Waals surface area contributed by atoms with Gasteiger partial charge in [0.2, 0.25) is 0 Å². The summed E-state index contributed by atoms with van der Waals surface area (Å²) in [6.45, 7) is 5.90. The fraction of sp³-hybridized carbons (Fsp3) is 0.600. The summed E-state index contributed by atoms with van der Waals surface area (Å²) in [5, 5.41) is 3.47. The molecule has 0 aliphatic carbocycles. The van der Waals surface area contributed by atoms with Gasteiger partial charge in [0.1, 0.15) is 5.82 Å². The summed E-state index contributed by atoms with van der Waals surface area (Å²) in [4.78, 5) is 0. The standard InChI is InChI=1S/C15H22FNO/c1-3-17-14(15-5-4-8-18-15)10-12-9-13(16)7-6-11(12)2/h6-7,9,14-15,17H,3-5,8,10H2,1-2H3. The maximum Gasteiger partial charge on any atom is 0.123 e. The quantitative estimate of drug-likeness (QED) is 0.869. The number of nitrogens with one attached hydrogen (secondary N) is 1. The van der Waals surface area contributed by atoms with Gasteiger partial charge in [0, 0.05) is 12.6 Å². The minimum absolute atomic E-state index is 0.154. The molecule has 0 amide bonds. The molecule has 3 heteroatoms. The highest BCUT2D eigenvalue weighted by Gasteiger charge is 2.25. The molecular formula is C15H22FNO. The van der Waals surface area contributed by atoms with Gasteiger partial charge in [-0.25, -0.2) is 4.39 Å². The Hall–Kier alpha value is -0.930. The van der Waals surface area contributed by atoms with Gasteiger partial charge in [-0.1, -0.05) is 13.0 Å². The topological polar surface area (TPSA) is 21.3 Å². The molecule has 0 saturated carbocycles. The molecule has 1 aromatic rings. The van der Waals surface area contributed by atoms with Crippen LogP contribution in [0.4, 0.5) is 4.39 Å². The van der Waals surface area contributed by atoms with Crippen molar-refractivity contribution < 1.29 is 9.13 Å². The Balaban J connectivity index is 2.09. The summed E-state index contributed by atoms with van der Waals surface area (Å²) in [5.74, 6) is -0.154. The van der Waals surface area contributed by atoms with E-state index >= 15 is 0 Å². The second-order valence-electron chi connectivity index (χ2n) is 4.99. The van der Waals surface area contributed by atoms with E-state index in [2.05, 4.69) is 12.2 Å². The largest absolute Gasteiger partial charge is 0.377 e. The Morgan fingerprint density at radius 3 is 3.00 bits per heavy atom. The molecule has 0 radical (unpaired) electrons. The molecule has 2 unspecified atom stereocenters. The van der Waals surface area contributed by atoms with Crippen LogP contribution in [-0.2, 0) is 11.2 Å². The van der Waals surface area contributed by atoms with Crippen LogP contribution >= 0.6 is 0 Å². The first kappa shape index (κ1) is 13.5. The van der Waals surface area contributed by atoms with Crippen molar-refractivity contribution in [1.82, 2.24) is 5.32 Å². The molecule has 0 spiro atoms. The molecule has 2 nitrogen and oxygen atoms in total. The highest BCUT2D eigenvalue weighted by molar-refractivity contribution is 5.27. The van der Waals surface area contributed by atoms with Gasteiger partial charge in [0.25, 0.3) is 0 Å². The molecule has 18 heavy (non-hydrogen) atoms. The van der Waals surface area contributed by atoms with Gasteiger partial charge in [-0.3, -0.25) is 0 Å². The molecule has 100 valence electrons. The third-order valence-electron chi connectivity index (χ3n) is 3.63. The third-order valence-corrected chi connectivity index (χ3v) is 3.63. The zero-order chi connectivity index (χ0) is 13.0. The van der Waals surface area contributed by atoms with Gasteiger partial charge >= 0.3 is 0 Å². The number of benzene rings is 1. The Morgan fingerprint density at radius 2 is 2.33 bits per heavy atom. The van der Waals surface area contributed by atoms with E-state index in [4.69, 9.17) is 4.74 Å². The van der Waals surface area contributed by atoms with Crippen LogP contribution in [0.2, 0.25) is 0 Å². The third kappa shape index (κ3) is 3.30. The molecule has 1 heterocycles. The predicted octanol–water partition coefficient (Wildman–Crippen LogP) is 2.83. The van der Waals surface area contributed by atoms with Crippen LogP contribution < -0.4 is 5.32 Å². The Labute approximate surface area is 109 Å². The molecule has 1 N–H and O–H groups in total. The number of aryl methyl sites for hydroxylation is 1. The molecule has 1 aromatic carbocycles. The number of ether oxygens (including phenoxy) is 1. The van der Waals surface area contributed by atoms with E-state index in [0.717, 1.165) is 43.5 Å². The number of hydrogen-bond acceptors (Lipinski definition) is 2. The Kier molecular flexibility index (Phi) is 4.72. The molecule has 1 aliphatic rings. The lowest BCUT2D eigenvalue weighted by atomic mass is 9.96. The van der Waals surface area contributed by atoms with Crippen molar-refractivity contribution in [3.8, 4) is 0 Å². The maximum atomic E-state index is 13.3. The first-order valence-electron chi connectivity index (χ1n) is 6.80. The van der Waals surface area contributed by atoms with Gasteiger partial charge < -0.3 is 10.1 Å². The first-order valence-corrected chi connectivity index (χ1v) is 6.80. The minimum Gasteiger partial charge on any atom is -0.377 e. The van der Waals surface area contributed by atoms with E-state index in [1.165, 1.54) is 6.07 Å². The monoisotopic (exact) mass is 251 g/mol. The minimum atomic E-state index is -0.154. The molecule has 2 rings (SSSR count). The van der Waals surface area contributed by atoms with Crippen LogP contribution in [0.15, 0.2) is 18.2 Å². The first-order chi connectivity index (χ1) is 8.70. The fourth-order valence-corrected chi connectivity index (χ4v) is 2.61. The van der Waals surface area contributed by atoms with Gasteiger partial charge in [-0.15, -0.1) is 0 Å². The van der Waals surface area contributed by atoms with E-state index in [-0.39, 0.29) is 18.0 Å². The number of hydrogen-bond donors (Lipinski definition) is 1. The predicted molar refractivity (Wildman–Crippen MR) is 71.3 cm³/mol. The molecule has 0 bridgehead atoms. The van der Waals surface area contributed by atoms with Crippen molar-refractivity contribution in [1.29, 1.82) is 0 Å². The summed E-state index contributed by atoms with van der Waals surface area (Å²) in [6, 6.07) is 5.31. The van der Waals surface area contributed by atoms with Crippen molar-refractivity contribution >= 4 is 0 Å². The second kappa shape index (κ2) is 6.30. The average molecular weight is 251 g/mol. The zero-order valence-corrected chi connectivity index (χ0v) is 11.2. The summed E-state index contributed by atoms with van der Waals surface area (Å²) >= 11 is 0. The SMILES string of the molecule is CCNC(Cc1cc(F)ccc1C)C1CCCO1. The molecular weight excluding hydrogens is 229 g/mol. The van der Waals surface area contributed by atoms with Gasteiger partial charge in [-0.05, 0) is 56.0 Å².